The number of esters is 1. The standard InChI is InChI=1S/C24H19ClN2O5/c1-26-23(30)16-5-4-6-18(13-16)27-21(28)14-32-24(31)20-8-3-2-7-19(20)22(29)15-9-11-17(25)12-10-15/h2-13H,14H2,1H3,(H,26,30)(H,27,28). The summed E-state index contributed by atoms with van der Waals surface area (Å²) < 4.78 is 5.10. The predicted molar refractivity (Wildman–Crippen MR) is 120 cm³/mol. The molecule has 0 fully saturated rings. The van der Waals surface area contributed by atoms with Gasteiger partial charge in [-0.05, 0) is 48.5 Å². The van der Waals surface area contributed by atoms with Crippen LogP contribution in [0.1, 0.15) is 36.6 Å². The molecule has 8 heteroatoms. The molecule has 0 unspecified atom stereocenters. The second-order valence-electron chi connectivity index (χ2n) is 6.67. The molecule has 0 saturated heterocycles. The molecule has 3 aromatic rings. The highest BCUT2D eigenvalue weighted by Crippen LogP contribution is 2.18. The summed E-state index contributed by atoms with van der Waals surface area (Å²) in [5.74, 6) is -2.06. The molecule has 0 aliphatic heterocycles. The first-order valence-electron chi connectivity index (χ1n) is 9.57. The Balaban J connectivity index is 1.67. The molecule has 0 saturated carbocycles. The highest BCUT2D eigenvalue weighted by atomic mass is 35.5. The van der Waals surface area contributed by atoms with E-state index in [-0.39, 0.29) is 22.8 Å². The summed E-state index contributed by atoms with van der Waals surface area (Å²) in [6, 6.07) is 18.8. The number of hydrogen-bond donors (Lipinski definition) is 2. The molecule has 2 amide bonds. The number of carbonyl (C=O) groups is 4. The van der Waals surface area contributed by atoms with Gasteiger partial charge in [0.25, 0.3) is 11.8 Å². The first-order valence-corrected chi connectivity index (χ1v) is 9.95. The van der Waals surface area contributed by atoms with Gasteiger partial charge in [0.2, 0.25) is 0 Å². The normalized spacial score (nSPS) is 10.2. The number of amides is 2. The maximum Gasteiger partial charge on any atom is 0.339 e. The number of ketones is 1. The number of hydrogen-bond acceptors (Lipinski definition) is 5. The Morgan fingerprint density at radius 1 is 0.844 bits per heavy atom. The third-order valence-electron chi connectivity index (χ3n) is 4.47. The highest BCUT2D eigenvalue weighted by Gasteiger charge is 2.20. The molecule has 162 valence electrons. The van der Waals surface area contributed by atoms with Gasteiger partial charge in [-0.1, -0.05) is 35.9 Å². The fourth-order valence-corrected chi connectivity index (χ4v) is 3.03. The molecule has 32 heavy (non-hydrogen) atoms. The first-order chi connectivity index (χ1) is 15.4. The van der Waals surface area contributed by atoms with E-state index in [9.17, 15) is 19.2 Å². The minimum atomic E-state index is -0.808. The maximum atomic E-state index is 12.8. The van der Waals surface area contributed by atoms with Crippen molar-refractivity contribution in [2.45, 2.75) is 0 Å². The second kappa shape index (κ2) is 10.4. The molecule has 0 aromatic heterocycles. The lowest BCUT2D eigenvalue weighted by molar-refractivity contribution is -0.119. The Bertz CT molecular complexity index is 1180. The van der Waals surface area contributed by atoms with Crippen molar-refractivity contribution in [1.29, 1.82) is 0 Å². The fraction of sp³-hybridized carbons (Fsp3) is 0.0833. The molecule has 0 bridgehead atoms. The Morgan fingerprint density at radius 3 is 2.22 bits per heavy atom. The Hall–Kier alpha value is -3.97. The molecular weight excluding hydrogens is 432 g/mol. The van der Waals surface area contributed by atoms with E-state index < -0.39 is 18.5 Å². The van der Waals surface area contributed by atoms with E-state index >= 15 is 0 Å². The molecule has 7 nitrogen and oxygen atoms in total. The summed E-state index contributed by atoms with van der Waals surface area (Å²) in [6.07, 6.45) is 0. The lowest BCUT2D eigenvalue weighted by atomic mass is 9.98. The summed E-state index contributed by atoms with van der Waals surface area (Å²) in [7, 11) is 1.50. The monoisotopic (exact) mass is 450 g/mol. The highest BCUT2D eigenvalue weighted by molar-refractivity contribution is 6.30. The smallest absolute Gasteiger partial charge is 0.339 e. The van der Waals surface area contributed by atoms with Gasteiger partial charge in [-0.15, -0.1) is 0 Å². The summed E-state index contributed by atoms with van der Waals surface area (Å²) in [5, 5.41) is 5.54. The van der Waals surface area contributed by atoms with Crippen molar-refractivity contribution in [2.24, 2.45) is 0 Å². The van der Waals surface area contributed by atoms with Gasteiger partial charge in [0.05, 0.1) is 5.56 Å². The van der Waals surface area contributed by atoms with Crippen molar-refractivity contribution < 1.29 is 23.9 Å². The van der Waals surface area contributed by atoms with E-state index in [4.69, 9.17) is 16.3 Å². The molecule has 0 heterocycles. The van der Waals surface area contributed by atoms with Crippen LogP contribution >= 0.6 is 11.6 Å². The van der Waals surface area contributed by atoms with Crippen LogP contribution in [0, 0.1) is 0 Å². The molecule has 0 aliphatic carbocycles. The Morgan fingerprint density at radius 2 is 1.53 bits per heavy atom. The van der Waals surface area contributed by atoms with Gasteiger partial charge in [0.1, 0.15) is 0 Å². The molecule has 0 atom stereocenters. The van der Waals surface area contributed by atoms with Gasteiger partial charge in [0, 0.05) is 34.4 Å². The number of rotatable bonds is 7. The second-order valence-corrected chi connectivity index (χ2v) is 7.10. The van der Waals surface area contributed by atoms with Crippen molar-refractivity contribution in [2.75, 3.05) is 19.0 Å². The van der Waals surface area contributed by atoms with E-state index in [1.807, 2.05) is 0 Å². The van der Waals surface area contributed by atoms with Gasteiger partial charge in [-0.3, -0.25) is 14.4 Å². The third kappa shape index (κ3) is 5.59. The number of nitrogens with one attached hydrogen (secondary N) is 2. The van der Waals surface area contributed by atoms with Crippen molar-refractivity contribution in [3.05, 3.63) is 100 Å². The molecule has 3 rings (SSSR count). The van der Waals surface area contributed by atoms with Crippen LogP contribution in [-0.4, -0.2) is 37.2 Å². The molecule has 0 radical (unpaired) electrons. The van der Waals surface area contributed by atoms with Crippen LogP contribution in [0.3, 0.4) is 0 Å². The van der Waals surface area contributed by atoms with Gasteiger partial charge in [-0.2, -0.15) is 0 Å². The van der Waals surface area contributed by atoms with Gasteiger partial charge in [-0.25, -0.2) is 4.79 Å². The Labute approximate surface area is 189 Å². The predicted octanol–water partition coefficient (Wildman–Crippen LogP) is 3.73. The number of benzene rings is 3. The topological polar surface area (TPSA) is 102 Å². The van der Waals surface area contributed by atoms with Gasteiger partial charge < -0.3 is 15.4 Å². The van der Waals surface area contributed by atoms with E-state index in [2.05, 4.69) is 10.6 Å². The van der Waals surface area contributed by atoms with Crippen LogP contribution in [0.15, 0.2) is 72.8 Å². The third-order valence-corrected chi connectivity index (χ3v) is 4.72. The average Bonchev–Trinajstić information content (AvgIpc) is 2.82. The lowest BCUT2D eigenvalue weighted by Crippen LogP contribution is -2.22. The molecule has 0 spiro atoms. The zero-order valence-corrected chi connectivity index (χ0v) is 17.8. The quantitative estimate of drug-likeness (QED) is 0.422. The zero-order valence-electron chi connectivity index (χ0n) is 17.1. The van der Waals surface area contributed by atoms with Crippen molar-refractivity contribution in [1.82, 2.24) is 5.32 Å². The first kappa shape index (κ1) is 22.7. The van der Waals surface area contributed by atoms with Crippen LogP contribution in [0.4, 0.5) is 5.69 Å². The summed E-state index contributed by atoms with van der Waals surface area (Å²) in [6.45, 7) is -0.563. The zero-order chi connectivity index (χ0) is 23.1. The van der Waals surface area contributed by atoms with Gasteiger partial charge >= 0.3 is 5.97 Å². The average molecular weight is 451 g/mol. The van der Waals surface area contributed by atoms with E-state index in [1.165, 1.54) is 25.2 Å². The lowest BCUT2D eigenvalue weighted by Gasteiger charge is -2.10. The van der Waals surface area contributed by atoms with Crippen LogP contribution in [-0.2, 0) is 9.53 Å². The van der Waals surface area contributed by atoms with Crippen molar-refractivity contribution in [3.8, 4) is 0 Å². The number of halogens is 1. The van der Waals surface area contributed by atoms with Crippen LogP contribution < -0.4 is 10.6 Å². The molecule has 0 aliphatic rings. The molecule has 2 N–H and O–H groups in total. The SMILES string of the molecule is CNC(=O)c1cccc(NC(=O)COC(=O)c2ccccc2C(=O)c2ccc(Cl)cc2)c1. The van der Waals surface area contributed by atoms with Crippen molar-refractivity contribution in [3.63, 3.8) is 0 Å². The number of ether oxygens (including phenoxy) is 1. The van der Waals surface area contributed by atoms with Crippen molar-refractivity contribution >= 4 is 40.9 Å². The van der Waals surface area contributed by atoms with E-state index in [0.717, 1.165) is 0 Å². The summed E-state index contributed by atoms with van der Waals surface area (Å²) in [4.78, 5) is 49.3. The summed E-state index contributed by atoms with van der Waals surface area (Å²) in [5.41, 5.74) is 1.31. The largest absolute Gasteiger partial charge is 0.452 e. The summed E-state index contributed by atoms with van der Waals surface area (Å²) >= 11 is 5.86. The van der Waals surface area contributed by atoms with Gasteiger partial charge in [0.15, 0.2) is 12.4 Å². The Kier molecular flexibility index (Phi) is 7.36. The van der Waals surface area contributed by atoms with E-state index in [0.29, 0.717) is 21.8 Å². The maximum absolute atomic E-state index is 12.8. The fourth-order valence-electron chi connectivity index (χ4n) is 2.90. The van der Waals surface area contributed by atoms with Crippen LogP contribution in [0.5, 0.6) is 0 Å². The van der Waals surface area contributed by atoms with Crippen LogP contribution in [0.25, 0.3) is 0 Å². The van der Waals surface area contributed by atoms with E-state index in [1.54, 1.807) is 54.6 Å². The molecular formula is C24H19ClN2O5. The minimum Gasteiger partial charge on any atom is -0.452 e. The van der Waals surface area contributed by atoms with Crippen LogP contribution in [0.2, 0.25) is 5.02 Å². The number of anilines is 1. The minimum absolute atomic E-state index is 0.0434. The molecule has 3 aromatic carbocycles. The number of carbonyl (C=O) groups excluding carboxylic acids is 4.